The maximum Gasteiger partial charge on any atom is 0.151 e. The molecule has 0 amide bonds. The Morgan fingerprint density at radius 2 is 1.70 bits per heavy atom. The highest BCUT2D eigenvalue weighted by Gasteiger charge is 2.21. The second-order valence-electron chi connectivity index (χ2n) is 6.22. The molecule has 0 atom stereocenters. The fourth-order valence-corrected chi connectivity index (χ4v) is 3.39. The van der Waals surface area contributed by atoms with Crippen LogP contribution >= 0.6 is 0 Å². The quantitative estimate of drug-likeness (QED) is 0.859. The number of hydrogen-bond donors (Lipinski definition) is 0. The van der Waals surface area contributed by atoms with E-state index in [-0.39, 0.29) is 0 Å². The summed E-state index contributed by atoms with van der Waals surface area (Å²) in [6.07, 6.45) is 6.07. The van der Waals surface area contributed by atoms with E-state index in [0.29, 0.717) is 0 Å². The normalized spacial score (nSPS) is 17.4. The zero-order valence-corrected chi connectivity index (χ0v) is 13.6. The SMILES string of the molecule is CCc1cc(N2CCN(c3cc4c(nn3)CCC4)CC2)ncn1. The van der Waals surface area contributed by atoms with E-state index in [2.05, 4.69) is 49.0 Å². The molecule has 1 aliphatic carbocycles. The van der Waals surface area contributed by atoms with Gasteiger partial charge in [-0.25, -0.2) is 9.97 Å². The van der Waals surface area contributed by atoms with E-state index in [0.717, 1.165) is 62.8 Å². The summed E-state index contributed by atoms with van der Waals surface area (Å²) >= 11 is 0. The molecule has 2 aromatic heterocycles. The van der Waals surface area contributed by atoms with E-state index in [9.17, 15) is 0 Å². The first-order valence-electron chi connectivity index (χ1n) is 8.50. The third-order valence-corrected chi connectivity index (χ3v) is 4.81. The van der Waals surface area contributed by atoms with Crippen LogP contribution in [-0.4, -0.2) is 46.3 Å². The predicted octanol–water partition coefficient (Wildman–Crippen LogP) is 1.64. The Labute approximate surface area is 136 Å². The van der Waals surface area contributed by atoms with Crippen molar-refractivity contribution in [2.45, 2.75) is 32.6 Å². The van der Waals surface area contributed by atoms with E-state index in [1.165, 1.54) is 17.7 Å². The molecule has 0 saturated carbocycles. The van der Waals surface area contributed by atoms with Crippen molar-refractivity contribution >= 4 is 11.6 Å². The molecule has 6 nitrogen and oxygen atoms in total. The predicted molar refractivity (Wildman–Crippen MR) is 89.9 cm³/mol. The summed E-state index contributed by atoms with van der Waals surface area (Å²) in [5.41, 5.74) is 3.68. The molecule has 0 unspecified atom stereocenters. The third kappa shape index (κ3) is 2.85. The van der Waals surface area contributed by atoms with Crippen molar-refractivity contribution in [1.29, 1.82) is 0 Å². The van der Waals surface area contributed by atoms with Crippen molar-refractivity contribution in [3.8, 4) is 0 Å². The Morgan fingerprint density at radius 1 is 0.913 bits per heavy atom. The Kier molecular flexibility index (Phi) is 3.81. The fourth-order valence-electron chi connectivity index (χ4n) is 3.39. The zero-order valence-electron chi connectivity index (χ0n) is 13.6. The fraction of sp³-hybridized carbons (Fsp3) is 0.529. The van der Waals surface area contributed by atoms with Crippen LogP contribution in [0.5, 0.6) is 0 Å². The molecule has 0 aromatic carbocycles. The third-order valence-electron chi connectivity index (χ3n) is 4.81. The van der Waals surface area contributed by atoms with Gasteiger partial charge in [0.05, 0.1) is 5.69 Å². The Morgan fingerprint density at radius 3 is 2.48 bits per heavy atom. The standard InChI is InChI=1S/C17H22N6/c1-2-14-11-16(19-12-18-14)22-6-8-23(9-7-22)17-10-13-4-3-5-15(13)20-21-17/h10-12H,2-9H2,1H3. The van der Waals surface area contributed by atoms with Gasteiger partial charge in [0.1, 0.15) is 12.1 Å². The van der Waals surface area contributed by atoms with Crippen LogP contribution in [0.1, 0.15) is 30.3 Å². The van der Waals surface area contributed by atoms with Crippen LogP contribution < -0.4 is 9.80 Å². The van der Waals surface area contributed by atoms with E-state index < -0.39 is 0 Å². The van der Waals surface area contributed by atoms with Crippen molar-refractivity contribution in [3.63, 3.8) is 0 Å². The number of fused-ring (bicyclic) bond motifs is 1. The second-order valence-corrected chi connectivity index (χ2v) is 6.22. The van der Waals surface area contributed by atoms with Crippen molar-refractivity contribution in [3.05, 3.63) is 35.4 Å². The van der Waals surface area contributed by atoms with Crippen LogP contribution in [0.3, 0.4) is 0 Å². The number of aromatic nitrogens is 4. The Hall–Kier alpha value is -2.24. The number of nitrogens with zero attached hydrogens (tertiary/aromatic N) is 6. The van der Waals surface area contributed by atoms with E-state index >= 15 is 0 Å². The minimum atomic E-state index is 0.945. The van der Waals surface area contributed by atoms with Crippen molar-refractivity contribution < 1.29 is 0 Å². The molecule has 0 spiro atoms. The smallest absolute Gasteiger partial charge is 0.151 e. The number of aryl methyl sites for hydroxylation is 3. The molecule has 1 fully saturated rings. The van der Waals surface area contributed by atoms with Gasteiger partial charge in [0.2, 0.25) is 0 Å². The van der Waals surface area contributed by atoms with Crippen LogP contribution in [0.25, 0.3) is 0 Å². The zero-order chi connectivity index (χ0) is 15.6. The largest absolute Gasteiger partial charge is 0.353 e. The Bertz CT molecular complexity index is 693. The van der Waals surface area contributed by atoms with Crippen LogP contribution in [0, 0.1) is 0 Å². The van der Waals surface area contributed by atoms with Gasteiger partial charge in [0, 0.05) is 37.9 Å². The lowest BCUT2D eigenvalue weighted by Crippen LogP contribution is -2.47. The van der Waals surface area contributed by atoms with Crippen molar-refractivity contribution in [2.75, 3.05) is 36.0 Å². The molecule has 1 aliphatic heterocycles. The maximum absolute atomic E-state index is 4.43. The highest BCUT2D eigenvalue weighted by Crippen LogP contribution is 2.24. The van der Waals surface area contributed by atoms with Gasteiger partial charge in [-0.1, -0.05) is 6.92 Å². The molecule has 2 aromatic rings. The van der Waals surface area contributed by atoms with E-state index in [4.69, 9.17) is 0 Å². The van der Waals surface area contributed by atoms with Crippen LogP contribution in [0.4, 0.5) is 11.6 Å². The van der Waals surface area contributed by atoms with Gasteiger partial charge in [-0.05, 0) is 37.3 Å². The molecule has 0 N–H and O–H groups in total. The van der Waals surface area contributed by atoms with Crippen LogP contribution in [-0.2, 0) is 19.3 Å². The van der Waals surface area contributed by atoms with Gasteiger partial charge in [-0.15, -0.1) is 5.10 Å². The highest BCUT2D eigenvalue weighted by atomic mass is 15.3. The first-order chi connectivity index (χ1) is 11.3. The molecule has 2 aliphatic rings. The van der Waals surface area contributed by atoms with Gasteiger partial charge in [0.25, 0.3) is 0 Å². The summed E-state index contributed by atoms with van der Waals surface area (Å²) in [7, 11) is 0. The minimum Gasteiger partial charge on any atom is -0.353 e. The Balaban J connectivity index is 1.44. The summed E-state index contributed by atoms with van der Waals surface area (Å²) in [4.78, 5) is 13.4. The summed E-state index contributed by atoms with van der Waals surface area (Å²) in [6, 6.07) is 4.34. The van der Waals surface area contributed by atoms with Crippen molar-refractivity contribution in [2.24, 2.45) is 0 Å². The lowest BCUT2D eigenvalue weighted by atomic mass is 10.2. The summed E-state index contributed by atoms with van der Waals surface area (Å²) < 4.78 is 0. The van der Waals surface area contributed by atoms with E-state index in [1.807, 2.05) is 0 Å². The molecule has 23 heavy (non-hydrogen) atoms. The molecule has 1 saturated heterocycles. The van der Waals surface area contributed by atoms with Crippen LogP contribution in [0.2, 0.25) is 0 Å². The molecule has 3 heterocycles. The first kappa shape index (κ1) is 14.4. The lowest BCUT2D eigenvalue weighted by Gasteiger charge is -2.36. The molecule has 120 valence electrons. The first-order valence-corrected chi connectivity index (χ1v) is 8.50. The van der Waals surface area contributed by atoms with Gasteiger partial charge >= 0.3 is 0 Å². The van der Waals surface area contributed by atoms with Gasteiger partial charge in [0.15, 0.2) is 5.82 Å². The van der Waals surface area contributed by atoms with Crippen LogP contribution in [0.15, 0.2) is 18.5 Å². The minimum absolute atomic E-state index is 0.945. The second kappa shape index (κ2) is 6.10. The topological polar surface area (TPSA) is 58.0 Å². The molecule has 0 bridgehead atoms. The van der Waals surface area contributed by atoms with Crippen molar-refractivity contribution in [1.82, 2.24) is 20.2 Å². The number of rotatable bonds is 3. The lowest BCUT2D eigenvalue weighted by molar-refractivity contribution is 0.635. The molecular formula is C17H22N6. The summed E-state index contributed by atoms with van der Waals surface area (Å²) in [6.45, 7) is 5.95. The summed E-state index contributed by atoms with van der Waals surface area (Å²) in [5.74, 6) is 2.07. The summed E-state index contributed by atoms with van der Waals surface area (Å²) in [5, 5.41) is 8.84. The average molecular weight is 310 g/mol. The molecular weight excluding hydrogens is 288 g/mol. The van der Waals surface area contributed by atoms with E-state index in [1.54, 1.807) is 6.33 Å². The highest BCUT2D eigenvalue weighted by molar-refractivity contribution is 5.46. The average Bonchev–Trinajstić information content (AvgIpc) is 3.09. The van der Waals surface area contributed by atoms with Gasteiger partial charge < -0.3 is 9.80 Å². The monoisotopic (exact) mass is 310 g/mol. The van der Waals surface area contributed by atoms with Gasteiger partial charge in [-0.2, -0.15) is 5.10 Å². The molecule has 4 rings (SSSR count). The number of hydrogen-bond acceptors (Lipinski definition) is 6. The molecule has 6 heteroatoms. The van der Waals surface area contributed by atoms with Gasteiger partial charge in [-0.3, -0.25) is 0 Å². The number of piperazine rings is 1. The maximum atomic E-state index is 4.43. The molecule has 0 radical (unpaired) electrons. The number of anilines is 2.